The van der Waals surface area contributed by atoms with Crippen molar-refractivity contribution in [1.82, 2.24) is 9.80 Å². The maximum Gasteiger partial charge on any atom is 0.506 e. The Morgan fingerprint density at radius 1 is 1.38 bits per heavy atom. The molecule has 1 fully saturated rings. The van der Waals surface area contributed by atoms with Crippen LogP contribution in [-0.4, -0.2) is 56.0 Å². The van der Waals surface area contributed by atoms with Crippen LogP contribution in [0.4, 0.5) is 12.9 Å². The maximum atomic E-state index is 12.4. The molecule has 1 atom stereocenters. The lowest BCUT2D eigenvalue weighted by Gasteiger charge is -2.31. The van der Waals surface area contributed by atoms with E-state index in [-0.39, 0.29) is 12.6 Å². The van der Waals surface area contributed by atoms with Gasteiger partial charge in [0.05, 0.1) is 0 Å². The molecule has 0 radical (unpaired) electrons. The molecule has 0 aromatic carbocycles. The fraction of sp³-hybridized carbons (Fsp3) is 0.800. The van der Waals surface area contributed by atoms with E-state index in [9.17, 15) is 12.9 Å². The van der Waals surface area contributed by atoms with Crippen molar-refractivity contribution in [1.29, 1.82) is 0 Å². The van der Waals surface area contributed by atoms with Gasteiger partial charge in [0.1, 0.15) is 0 Å². The molecule has 0 saturated carbocycles. The van der Waals surface area contributed by atoms with Gasteiger partial charge in [-0.3, -0.25) is 4.90 Å². The van der Waals surface area contributed by atoms with Crippen molar-refractivity contribution >= 4 is 6.98 Å². The van der Waals surface area contributed by atoms with Gasteiger partial charge in [-0.15, -0.1) is 12.1 Å². The molecule has 16 heavy (non-hydrogen) atoms. The fourth-order valence-corrected chi connectivity index (χ4v) is 2.02. The summed E-state index contributed by atoms with van der Waals surface area (Å²) in [7, 11) is 2.00. The van der Waals surface area contributed by atoms with Crippen LogP contribution in [0.15, 0.2) is 12.1 Å². The van der Waals surface area contributed by atoms with Crippen molar-refractivity contribution in [3.05, 3.63) is 12.1 Å². The third-order valence-electron chi connectivity index (χ3n) is 3.05. The van der Waals surface area contributed by atoms with Gasteiger partial charge in [-0.25, -0.2) is 0 Å². The molecule has 0 aromatic heterocycles. The molecule has 0 spiro atoms. The van der Waals surface area contributed by atoms with E-state index in [0.29, 0.717) is 0 Å². The molecule has 0 aliphatic carbocycles. The average Bonchev–Trinajstić information content (AvgIpc) is 2.27. The lowest BCUT2D eigenvalue weighted by Crippen LogP contribution is -2.41. The second-order valence-electron chi connectivity index (χ2n) is 4.67. The SMILES string of the molecule is C=C(CN1CCCN(C)CC1C)[B-](F)(F)F. The number of rotatable bonds is 3. The minimum Gasteiger partial charge on any atom is -0.445 e. The monoisotopic (exact) mass is 235 g/mol. The summed E-state index contributed by atoms with van der Waals surface area (Å²) in [6.45, 7) is 2.67. The summed E-state index contributed by atoms with van der Waals surface area (Å²) in [5.74, 6) is 0. The third-order valence-corrected chi connectivity index (χ3v) is 3.05. The molecule has 0 bridgehead atoms. The van der Waals surface area contributed by atoms with E-state index in [2.05, 4.69) is 11.5 Å². The van der Waals surface area contributed by atoms with Crippen LogP contribution in [0.25, 0.3) is 0 Å². The molecule has 1 unspecified atom stereocenters. The summed E-state index contributed by atoms with van der Waals surface area (Å²) in [5.41, 5.74) is -0.587. The van der Waals surface area contributed by atoms with Crippen molar-refractivity contribution in [3.63, 3.8) is 0 Å². The van der Waals surface area contributed by atoms with Crippen LogP contribution < -0.4 is 0 Å². The summed E-state index contributed by atoms with van der Waals surface area (Å²) in [6, 6.07) is 0.155. The summed E-state index contributed by atoms with van der Waals surface area (Å²) < 4.78 is 37.3. The first kappa shape index (κ1) is 13.6. The molecular weight excluding hydrogens is 216 g/mol. The first-order chi connectivity index (χ1) is 7.30. The zero-order valence-corrected chi connectivity index (χ0v) is 9.93. The van der Waals surface area contributed by atoms with E-state index in [4.69, 9.17) is 0 Å². The second kappa shape index (κ2) is 5.23. The van der Waals surface area contributed by atoms with E-state index in [1.54, 1.807) is 0 Å². The molecule has 94 valence electrons. The zero-order valence-electron chi connectivity index (χ0n) is 9.93. The Kier molecular flexibility index (Phi) is 4.44. The quantitative estimate of drug-likeness (QED) is 0.690. The predicted molar refractivity (Wildman–Crippen MR) is 61.4 cm³/mol. The first-order valence-electron chi connectivity index (χ1n) is 5.61. The van der Waals surface area contributed by atoms with Gasteiger partial charge in [0.2, 0.25) is 0 Å². The Balaban J connectivity index is 2.56. The van der Waals surface area contributed by atoms with Crippen molar-refractivity contribution in [2.45, 2.75) is 19.4 Å². The highest BCUT2D eigenvalue weighted by molar-refractivity contribution is 6.66. The Morgan fingerprint density at radius 2 is 2.00 bits per heavy atom. The highest BCUT2D eigenvalue weighted by Gasteiger charge is 2.29. The van der Waals surface area contributed by atoms with Crippen molar-refractivity contribution in [2.24, 2.45) is 0 Å². The van der Waals surface area contributed by atoms with Crippen molar-refractivity contribution < 1.29 is 12.9 Å². The molecule has 1 aliphatic heterocycles. The predicted octanol–water partition coefficient (Wildman–Crippen LogP) is 1.96. The Hall–Kier alpha value is -0.485. The van der Waals surface area contributed by atoms with E-state index in [1.807, 2.05) is 18.9 Å². The van der Waals surface area contributed by atoms with E-state index in [1.165, 1.54) is 0 Å². The fourth-order valence-electron chi connectivity index (χ4n) is 2.02. The van der Waals surface area contributed by atoms with Crippen LogP contribution >= 0.6 is 0 Å². The van der Waals surface area contributed by atoms with Gasteiger partial charge in [-0.1, -0.05) is 0 Å². The van der Waals surface area contributed by atoms with Gasteiger partial charge in [-0.2, -0.15) is 0 Å². The minimum absolute atomic E-state index is 0.0431. The lowest BCUT2D eigenvalue weighted by atomic mass is 9.80. The summed E-state index contributed by atoms with van der Waals surface area (Å²) in [5, 5.41) is 0. The number of halogens is 3. The van der Waals surface area contributed by atoms with Crippen LogP contribution in [0.3, 0.4) is 0 Å². The van der Waals surface area contributed by atoms with Gasteiger partial charge in [0.25, 0.3) is 0 Å². The van der Waals surface area contributed by atoms with Crippen molar-refractivity contribution in [2.75, 3.05) is 33.2 Å². The number of hydrogen-bond donors (Lipinski definition) is 0. The Morgan fingerprint density at radius 3 is 2.56 bits per heavy atom. The zero-order chi connectivity index (χ0) is 12.3. The highest BCUT2D eigenvalue weighted by atomic mass is 19.4. The molecular formula is C10H19BF3N2-. The molecule has 1 saturated heterocycles. The number of hydrogen-bond acceptors (Lipinski definition) is 2. The summed E-state index contributed by atoms with van der Waals surface area (Å²) in [4.78, 5) is 4.03. The number of nitrogens with zero attached hydrogens (tertiary/aromatic N) is 2. The number of likely N-dealkylation sites (N-methyl/N-ethyl adjacent to an activating group) is 1. The molecule has 1 rings (SSSR count). The first-order valence-corrected chi connectivity index (χ1v) is 5.61. The van der Waals surface area contributed by atoms with E-state index in [0.717, 1.165) is 26.1 Å². The summed E-state index contributed by atoms with van der Waals surface area (Å²) in [6.07, 6.45) is 0.916. The van der Waals surface area contributed by atoms with Crippen molar-refractivity contribution in [3.8, 4) is 0 Å². The lowest BCUT2D eigenvalue weighted by molar-refractivity contribution is 0.217. The highest BCUT2D eigenvalue weighted by Crippen LogP contribution is 2.20. The van der Waals surface area contributed by atoms with Gasteiger partial charge >= 0.3 is 6.98 Å². The molecule has 1 heterocycles. The Bertz CT molecular complexity index is 255. The normalized spacial score (nSPS) is 25.4. The smallest absolute Gasteiger partial charge is 0.445 e. The van der Waals surface area contributed by atoms with Crippen LogP contribution in [0.1, 0.15) is 13.3 Å². The minimum atomic E-state index is -4.89. The molecule has 1 aliphatic rings. The topological polar surface area (TPSA) is 6.48 Å². The van der Waals surface area contributed by atoms with E-state index >= 15 is 0 Å². The van der Waals surface area contributed by atoms with Gasteiger partial charge in [-0.05, 0) is 40.0 Å². The average molecular weight is 235 g/mol. The van der Waals surface area contributed by atoms with Gasteiger partial charge in [0, 0.05) is 12.6 Å². The van der Waals surface area contributed by atoms with Crippen LogP contribution in [0.5, 0.6) is 0 Å². The maximum absolute atomic E-state index is 12.4. The molecule has 0 aromatic rings. The third kappa shape index (κ3) is 3.83. The van der Waals surface area contributed by atoms with E-state index < -0.39 is 12.4 Å². The molecule has 2 nitrogen and oxygen atoms in total. The van der Waals surface area contributed by atoms with Gasteiger partial charge < -0.3 is 17.8 Å². The molecule has 6 heteroatoms. The summed E-state index contributed by atoms with van der Waals surface area (Å²) >= 11 is 0. The Labute approximate surface area is 95.2 Å². The van der Waals surface area contributed by atoms with Crippen LogP contribution in [0, 0.1) is 0 Å². The largest absolute Gasteiger partial charge is 0.506 e. The van der Waals surface area contributed by atoms with Crippen LogP contribution in [-0.2, 0) is 0 Å². The second-order valence-corrected chi connectivity index (χ2v) is 4.67. The van der Waals surface area contributed by atoms with Crippen LogP contribution in [0.2, 0.25) is 0 Å². The standard InChI is InChI=1S/C10H19BF3N2/c1-9(11(12,13)14)7-16-6-4-5-15(3)8-10(16)2/h10H,1,4-8H2,2-3H3/q-1. The molecule has 0 amide bonds. The van der Waals surface area contributed by atoms with Gasteiger partial charge in [0.15, 0.2) is 0 Å². The molecule has 0 N–H and O–H groups in total.